The van der Waals surface area contributed by atoms with E-state index in [-0.39, 0.29) is 6.61 Å². The first-order valence-electron chi connectivity index (χ1n) is 19.7. The van der Waals surface area contributed by atoms with Gasteiger partial charge in [-0.25, -0.2) is 23.3 Å². The van der Waals surface area contributed by atoms with Gasteiger partial charge in [-0.15, -0.1) is 0 Å². The smallest absolute Gasteiger partial charge is 0.358 e. The van der Waals surface area contributed by atoms with Crippen LogP contribution in [0, 0.1) is 0 Å². The van der Waals surface area contributed by atoms with Crippen LogP contribution in [0.4, 0.5) is 5.82 Å². The summed E-state index contributed by atoms with van der Waals surface area (Å²) in [6.45, 7) is -0.0581. The van der Waals surface area contributed by atoms with E-state index in [0.717, 1.165) is 33.4 Å². The Kier molecular flexibility index (Phi) is 9.79. The molecule has 0 amide bonds. The number of benzene rings is 6. The molecule has 4 atom stereocenters. The third-order valence-electron chi connectivity index (χ3n) is 11.3. The molecule has 0 saturated carbocycles. The van der Waals surface area contributed by atoms with Gasteiger partial charge in [0.05, 0.1) is 12.9 Å². The second kappa shape index (κ2) is 15.6. The van der Waals surface area contributed by atoms with Crippen LogP contribution >= 0.6 is 0 Å². The Morgan fingerprint density at radius 2 is 1.00 bits per heavy atom. The molecule has 0 spiro atoms. The molecular weight excluding hydrogens is 775 g/mol. The fourth-order valence-electron chi connectivity index (χ4n) is 8.64. The second-order valence-corrected chi connectivity index (χ2v) is 15.9. The van der Waals surface area contributed by atoms with Gasteiger partial charge in [0.1, 0.15) is 29.7 Å². The minimum atomic E-state index is -4.36. The van der Waals surface area contributed by atoms with E-state index in [2.05, 4.69) is 46.7 Å². The molecule has 4 heterocycles. The molecule has 2 saturated heterocycles. The van der Waals surface area contributed by atoms with Crippen molar-refractivity contribution in [1.29, 1.82) is 0 Å². The van der Waals surface area contributed by atoms with Crippen LogP contribution in [0.1, 0.15) is 39.6 Å². The topological polar surface area (TPSA) is 127 Å². The van der Waals surface area contributed by atoms with E-state index in [9.17, 15) is 8.42 Å². The van der Waals surface area contributed by atoms with Crippen molar-refractivity contribution in [3.63, 3.8) is 0 Å². The minimum absolute atomic E-state index is 0.0581. The standard InChI is InChI=1S/C48H39N5O6S/c54-60(55)58-42-40(31-56-48(37-25-13-4-14-26-37,38-27-15-5-16-28-38)39-29-17-6-18-30-39)57-46(43(42)59-60)53-33-51-41-44(49-32-50-45(41)53)52-47(34-19-7-1-8-20-34,35-21-9-2-10-22-35)36-23-11-3-12-24-36/h1-30,32-33,40,42-43,46H,31H2,(H,49,50,52)/t40-,42-,43-,46-/m1/s1. The summed E-state index contributed by atoms with van der Waals surface area (Å²) in [5.74, 6) is 0.458. The van der Waals surface area contributed by atoms with E-state index >= 15 is 0 Å². The first-order chi connectivity index (χ1) is 29.5. The lowest BCUT2D eigenvalue weighted by atomic mass is 9.77. The zero-order valence-electron chi connectivity index (χ0n) is 32.1. The molecule has 2 aliphatic heterocycles. The summed E-state index contributed by atoms with van der Waals surface area (Å²) in [6, 6.07) is 60.3. The van der Waals surface area contributed by atoms with Crippen molar-refractivity contribution in [2.75, 3.05) is 11.9 Å². The van der Waals surface area contributed by atoms with Crippen molar-refractivity contribution >= 4 is 27.4 Å². The Morgan fingerprint density at radius 3 is 1.47 bits per heavy atom. The Balaban J connectivity index is 1.04. The van der Waals surface area contributed by atoms with Crippen LogP contribution in [0.2, 0.25) is 0 Å². The molecule has 11 nitrogen and oxygen atoms in total. The number of imidazole rings is 1. The van der Waals surface area contributed by atoms with Crippen molar-refractivity contribution in [3.05, 3.63) is 228 Å². The maximum Gasteiger partial charge on any atom is 0.400 e. The number of fused-ring (bicyclic) bond motifs is 2. The van der Waals surface area contributed by atoms with Crippen LogP contribution in [0.5, 0.6) is 0 Å². The van der Waals surface area contributed by atoms with Crippen LogP contribution in [0.3, 0.4) is 0 Å². The summed E-state index contributed by atoms with van der Waals surface area (Å²) in [6.07, 6.45) is -0.954. The number of aromatic nitrogens is 4. The second-order valence-electron chi connectivity index (χ2n) is 14.7. The molecule has 8 aromatic rings. The van der Waals surface area contributed by atoms with Gasteiger partial charge < -0.3 is 14.8 Å². The average Bonchev–Trinajstić information content (AvgIpc) is 3.98. The van der Waals surface area contributed by atoms with Crippen LogP contribution in [-0.2, 0) is 39.4 Å². The van der Waals surface area contributed by atoms with Gasteiger partial charge in [0.25, 0.3) is 0 Å². The van der Waals surface area contributed by atoms with Gasteiger partial charge in [-0.2, -0.15) is 8.42 Å². The van der Waals surface area contributed by atoms with Crippen molar-refractivity contribution in [2.45, 2.75) is 35.7 Å². The number of hydrogen-bond acceptors (Lipinski definition) is 10. The van der Waals surface area contributed by atoms with E-state index < -0.39 is 46.1 Å². The van der Waals surface area contributed by atoms with E-state index in [0.29, 0.717) is 17.0 Å². The summed E-state index contributed by atoms with van der Waals surface area (Å²) >= 11 is 0. The van der Waals surface area contributed by atoms with Crippen molar-refractivity contribution < 1.29 is 26.3 Å². The molecule has 0 bridgehead atoms. The quantitative estimate of drug-likeness (QED) is 0.121. The summed E-state index contributed by atoms with van der Waals surface area (Å²) in [4.78, 5) is 14.2. The summed E-state index contributed by atoms with van der Waals surface area (Å²) in [5, 5.41) is 3.80. The highest BCUT2D eigenvalue weighted by molar-refractivity contribution is 7.82. The summed E-state index contributed by atoms with van der Waals surface area (Å²) < 4.78 is 52.8. The van der Waals surface area contributed by atoms with Gasteiger partial charge in [0, 0.05) is 0 Å². The fraction of sp³-hybridized carbons (Fsp3) is 0.146. The zero-order valence-corrected chi connectivity index (χ0v) is 33.0. The Hall–Kier alpha value is -6.54. The van der Waals surface area contributed by atoms with Crippen LogP contribution in [-0.4, -0.2) is 52.9 Å². The molecule has 298 valence electrons. The minimum Gasteiger partial charge on any atom is -0.358 e. The summed E-state index contributed by atoms with van der Waals surface area (Å²) in [7, 11) is -4.36. The lowest BCUT2D eigenvalue weighted by molar-refractivity contribution is -0.0954. The van der Waals surface area contributed by atoms with Crippen LogP contribution in [0.15, 0.2) is 195 Å². The molecule has 0 aliphatic carbocycles. The van der Waals surface area contributed by atoms with E-state index in [1.807, 2.05) is 146 Å². The SMILES string of the molecule is O=S1(=O)O[C@@H]2[C@H](O1)[C@@H](COC(c1ccccc1)(c1ccccc1)c1ccccc1)O[C@H]2n1cnc2c(NC(c3ccccc3)(c3ccccc3)c3ccccc3)ncnc21. The van der Waals surface area contributed by atoms with Gasteiger partial charge in [0.2, 0.25) is 0 Å². The van der Waals surface area contributed by atoms with Crippen molar-refractivity contribution in [2.24, 2.45) is 0 Å². The highest BCUT2D eigenvalue weighted by Gasteiger charge is 2.57. The monoisotopic (exact) mass is 813 g/mol. The van der Waals surface area contributed by atoms with E-state index in [1.54, 1.807) is 10.9 Å². The number of rotatable bonds is 12. The van der Waals surface area contributed by atoms with Crippen LogP contribution < -0.4 is 5.32 Å². The molecule has 60 heavy (non-hydrogen) atoms. The number of nitrogens with one attached hydrogen (secondary N) is 1. The largest absolute Gasteiger partial charge is 0.400 e. The number of hydrogen-bond donors (Lipinski definition) is 1. The Labute approximate surface area is 347 Å². The van der Waals surface area contributed by atoms with Gasteiger partial charge in [0.15, 0.2) is 29.3 Å². The summed E-state index contributed by atoms with van der Waals surface area (Å²) in [5.41, 5.74) is 4.48. The van der Waals surface area contributed by atoms with E-state index in [1.165, 1.54) is 6.33 Å². The zero-order chi connectivity index (χ0) is 40.6. The van der Waals surface area contributed by atoms with Gasteiger partial charge >= 0.3 is 10.4 Å². The molecule has 2 aliphatic rings. The molecule has 0 radical (unpaired) electrons. The first-order valence-corrected chi connectivity index (χ1v) is 21.0. The third-order valence-corrected chi connectivity index (χ3v) is 12.2. The molecule has 2 aromatic heterocycles. The highest BCUT2D eigenvalue weighted by Crippen LogP contribution is 2.46. The van der Waals surface area contributed by atoms with Crippen LogP contribution in [0.25, 0.3) is 11.2 Å². The maximum absolute atomic E-state index is 13.0. The predicted octanol–water partition coefficient (Wildman–Crippen LogP) is 8.17. The normalized spacial score (nSPS) is 19.9. The highest BCUT2D eigenvalue weighted by atomic mass is 32.3. The maximum atomic E-state index is 13.0. The lowest BCUT2D eigenvalue weighted by Crippen LogP contribution is -2.39. The van der Waals surface area contributed by atoms with Gasteiger partial charge in [-0.1, -0.05) is 182 Å². The number of nitrogens with zero attached hydrogens (tertiary/aromatic N) is 4. The average molecular weight is 814 g/mol. The third kappa shape index (κ3) is 6.55. The molecular formula is C48H39N5O6S. The van der Waals surface area contributed by atoms with Gasteiger partial charge in [-0.05, 0) is 33.4 Å². The molecule has 10 rings (SSSR count). The Morgan fingerprint density at radius 1 is 0.567 bits per heavy atom. The molecule has 6 aromatic carbocycles. The molecule has 12 heteroatoms. The Bertz CT molecular complexity index is 2630. The van der Waals surface area contributed by atoms with Crippen molar-refractivity contribution in [3.8, 4) is 0 Å². The lowest BCUT2D eigenvalue weighted by Gasteiger charge is -2.37. The number of anilines is 1. The fourth-order valence-corrected chi connectivity index (χ4v) is 9.67. The first kappa shape index (κ1) is 37.7. The molecule has 2 fully saturated rings. The molecule has 1 N–H and O–H groups in total. The van der Waals surface area contributed by atoms with Crippen molar-refractivity contribution in [1.82, 2.24) is 19.5 Å². The van der Waals surface area contributed by atoms with Gasteiger partial charge in [-0.3, -0.25) is 4.57 Å². The number of ether oxygens (including phenoxy) is 2. The van der Waals surface area contributed by atoms with E-state index in [4.69, 9.17) is 27.8 Å². The molecule has 0 unspecified atom stereocenters. The predicted molar refractivity (Wildman–Crippen MR) is 226 cm³/mol.